The van der Waals surface area contributed by atoms with Crippen LogP contribution in [0.1, 0.15) is 35.1 Å². The molecule has 1 aliphatic rings. The monoisotopic (exact) mass is 602 g/mol. The number of nitrogens with one attached hydrogen (secondary N) is 3. The Kier molecular flexibility index (Phi) is 8.25. The lowest BCUT2D eigenvalue weighted by molar-refractivity contribution is 0.102. The third-order valence-corrected chi connectivity index (χ3v) is 7.13. The Morgan fingerprint density at radius 1 is 1.16 bits per heavy atom. The van der Waals surface area contributed by atoms with Crippen LogP contribution in [-0.2, 0) is 0 Å². The molecular weight excluding hydrogens is 578 g/mol. The van der Waals surface area contributed by atoms with Crippen LogP contribution in [0.25, 0.3) is 11.3 Å². The van der Waals surface area contributed by atoms with Crippen molar-refractivity contribution in [3.63, 3.8) is 0 Å². The number of carbonyl (C=O) groups excluding carboxylic acids is 1. The van der Waals surface area contributed by atoms with Gasteiger partial charge in [0.05, 0.1) is 21.8 Å². The molecular formula is C30H24F2N6O4S. The van der Waals surface area contributed by atoms with Gasteiger partial charge < -0.3 is 20.8 Å². The first-order valence-corrected chi connectivity index (χ1v) is 13.8. The van der Waals surface area contributed by atoms with Crippen LogP contribution in [-0.4, -0.2) is 26.2 Å². The molecule has 0 unspecified atom stereocenters. The highest BCUT2D eigenvalue weighted by atomic mass is 32.1. The van der Waals surface area contributed by atoms with Gasteiger partial charge in [-0.3, -0.25) is 19.1 Å². The number of nitrogens with zero attached hydrogens (tertiary/aromatic N) is 3. The van der Waals surface area contributed by atoms with Gasteiger partial charge in [-0.2, -0.15) is 0 Å². The van der Waals surface area contributed by atoms with Crippen LogP contribution in [0, 0.1) is 17.0 Å². The van der Waals surface area contributed by atoms with Crippen molar-refractivity contribution < 1.29 is 18.3 Å². The zero-order valence-electron chi connectivity index (χ0n) is 22.8. The standard InChI is InChI=1S/C30H24F2N6O4S/c1-17(2)37-15-22(29(40)38(30(37)41)21-6-3-19(31)4-7-21)28(39)36-20-5-8-25(23(32)12-20)42-26-11-18(27-14-34-16-43-27)13-35-24(26)9-10-33/h3-17,33,35H,1-2H3,(H,36,39)/b24-9-,33-10?. The minimum Gasteiger partial charge on any atom is -0.452 e. The molecule has 0 bridgehead atoms. The van der Waals surface area contributed by atoms with Gasteiger partial charge in [0.25, 0.3) is 11.5 Å². The van der Waals surface area contributed by atoms with Gasteiger partial charge in [-0.1, -0.05) is 0 Å². The molecule has 3 heterocycles. The van der Waals surface area contributed by atoms with Crippen LogP contribution in [0.5, 0.6) is 5.75 Å². The first-order valence-electron chi connectivity index (χ1n) is 12.9. The lowest BCUT2D eigenvalue weighted by Gasteiger charge is -2.19. The molecule has 4 aromatic rings. The van der Waals surface area contributed by atoms with Gasteiger partial charge in [0.2, 0.25) is 0 Å². The molecule has 43 heavy (non-hydrogen) atoms. The van der Waals surface area contributed by atoms with Crippen LogP contribution in [0.2, 0.25) is 0 Å². The van der Waals surface area contributed by atoms with Crippen molar-refractivity contribution in [3.8, 4) is 11.4 Å². The third-order valence-electron chi connectivity index (χ3n) is 6.31. The number of thiazole rings is 1. The van der Waals surface area contributed by atoms with E-state index in [0.29, 0.717) is 5.70 Å². The van der Waals surface area contributed by atoms with Crippen LogP contribution in [0.3, 0.4) is 0 Å². The molecule has 2 aromatic heterocycles. The van der Waals surface area contributed by atoms with Crippen LogP contribution >= 0.6 is 11.3 Å². The number of halogens is 2. The summed E-state index contributed by atoms with van der Waals surface area (Å²) < 4.78 is 36.5. The highest BCUT2D eigenvalue weighted by molar-refractivity contribution is 7.10. The number of anilines is 1. The summed E-state index contributed by atoms with van der Waals surface area (Å²) in [5.74, 6) is -2.14. The van der Waals surface area contributed by atoms with Crippen molar-refractivity contribution in [2.75, 3.05) is 5.32 Å². The molecule has 3 N–H and O–H groups in total. The minimum absolute atomic E-state index is 0.0288. The highest BCUT2D eigenvalue weighted by Gasteiger charge is 2.21. The zero-order chi connectivity index (χ0) is 30.7. The molecule has 0 spiro atoms. The molecule has 0 saturated carbocycles. The summed E-state index contributed by atoms with van der Waals surface area (Å²) in [6, 6.07) is 8.03. The smallest absolute Gasteiger partial charge is 0.335 e. The predicted molar refractivity (Wildman–Crippen MR) is 160 cm³/mol. The maximum Gasteiger partial charge on any atom is 0.335 e. The highest BCUT2D eigenvalue weighted by Crippen LogP contribution is 2.30. The second-order valence-electron chi connectivity index (χ2n) is 9.51. The Morgan fingerprint density at radius 2 is 1.93 bits per heavy atom. The second-order valence-corrected chi connectivity index (χ2v) is 10.4. The van der Waals surface area contributed by atoms with E-state index in [-0.39, 0.29) is 28.4 Å². The van der Waals surface area contributed by atoms with Gasteiger partial charge in [-0.05, 0) is 62.4 Å². The summed E-state index contributed by atoms with van der Waals surface area (Å²) >= 11 is 1.41. The summed E-state index contributed by atoms with van der Waals surface area (Å²) in [6.45, 7) is 3.40. The Morgan fingerprint density at radius 3 is 2.58 bits per heavy atom. The average molecular weight is 603 g/mol. The predicted octanol–water partition coefficient (Wildman–Crippen LogP) is 5.01. The van der Waals surface area contributed by atoms with Crippen molar-refractivity contribution in [1.82, 2.24) is 19.4 Å². The van der Waals surface area contributed by atoms with Crippen LogP contribution in [0.4, 0.5) is 14.5 Å². The number of allylic oxidation sites excluding steroid dienone is 3. The Bertz CT molecular complexity index is 1920. The van der Waals surface area contributed by atoms with Crippen molar-refractivity contribution in [1.29, 1.82) is 5.41 Å². The number of benzene rings is 2. The molecule has 0 aliphatic carbocycles. The molecule has 218 valence electrons. The maximum atomic E-state index is 15.2. The number of carbonyl (C=O) groups is 1. The SMILES string of the molecule is CC(C)n1cc(C(=O)Nc2ccc(OC3=CC(c4cncs4)=CN/C3=C\C=N)c(F)c2)c(=O)n(-c2ccc(F)cc2)c1=O. The molecule has 0 atom stereocenters. The van der Waals surface area contributed by atoms with Gasteiger partial charge in [0.1, 0.15) is 11.4 Å². The summed E-state index contributed by atoms with van der Waals surface area (Å²) in [7, 11) is 0. The molecule has 13 heteroatoms. The number of ether oxygens (including phenoxy) is 1. The Labute approximate surface area is 247 Å². The van der Waals surface area contributed by atoms with E-state index in [2.05, 4.69) is 15.6 Å². The first-order chi connectivity index (χ1) is 20.7. The molecule has 5 rings (SSSR count). The largest absolute Gasteiger partial charge is 0.452 e. The molecule has 0 saturated heterocycles. The summed E-state index contributed by atoms with van der Waals surface area (Å²) in [6.07, 6.45) is 8.74. The lowest BCUT2D eigenvalue weighted by Crippen LogP contribution is -2.42. The fraction of sp³-hybridized carbons (Fsp3) is 0.100. The summed E-state index contributed by atoms with van der Waals surface area (Å²) in [5.41, 5.74) is 0.975. The minimum atomic E-state index is -0.918. The van der Waals surface area contributed by atoms with Crippen molar-refractivity contribution in [2.24, 2.45) is 0 Å². The first kappa shape index (κ1) is 29.1. The zero-order valence-corrected chi connectivity index (χ0v) is 23.6. The Hall–Kier alpha value is -5.43. The van der Waals surface area contributed by atoms with E-state index in [1.807, 2.05) is 0 Å². The molecule has 2 aromatic carbocycles. The van der Waals surface area contributed by atoms with Gasteiger partial charge in [0.15, 0.2) is 17.3 Å². The quantitative estimate of drug-likeness (QED) is 0.243. The molecule has 1 aliphatic heterocycles. The van der Waals surface area contributed by atoms with Crippen molar-refractivity contribution in [3.05, 3.63) is 133 Å². The van der Waals surface area contributed by atoms with Crippen LogP contribution in [0.15, 0.2) is 99.8 Å². The fourth-order valence-electron chi connectivity index (χ4n) is 4.18. The van der Waals surface area contributed by atoms with E-state index < -0.39 is 34.8 Å². The molecule has 1 amide bonds. The van der Waals surface area contributed by atoms with Gasteiger partial charge in [0, 0.05) is 48.2 Å². The summed E-state index contributed by atoms with van der Waals surface area (Å²) in [4.78, 5) is 44.5. The fourth-order valence-corrected chi connectivity index (χ4v) is 4.79. The van der Waals surface area contributed by atoms with Crippen molar-refractivity contribution in [2.45, 2.75) is 19.9 Å². The van der Waals surface area contributed by atoms with E-state index in [1.165, 1.54) is 46.2 Å². The second kappa shape index (κ2) is 12.2. The average Bonchev–Trinajstić information content (AvgIpc) is 3.51. The van der Waals surface area contributed by atoms with Crippen molar-refractivity contribution >= 4 is 34.7 Å². The number of hydrogen-bond donors (Lipinski definition) is 3. The van der Waals surface area contributed by atoms with Gasteiger partial charge >= 0.3 is 5.69 Å². The number of rotatable bonds is 8. The Balaban J connectivity index is 1.43. The third kappa shape index (κ3) is 6.11. The lowest BCUT2D eigenvalue weighted by atomic mass is 10.1. The number of hydrogen-bond acceptors (Lipinski definition) is 8. The summed E-state index contributed by atoms with van der Waals surface area (Å²) in [5, 5.41) is 12.9. The van der Waals surface area contributed by atoms with Gasteiger partial charge in [-0.25, -0.2) is 18.1 Å². The number of aromatic nitrogens is 3. The van der Waals surface area contributed by atoms with E-state index in [1.54, 1.807) is 37.8 Å². The molecule has 0 fully saturated rings. The van der Waals surface area contributed by atoms with E-state index >= 15 is 4.39 Å². The normalized spacial score (nSPS) is 13.7. The van der Waals surface area contributed by atoms with E-state index in [4.69, 9.17) is 10.1 Å². The van der Waals surface area contributed by atoms with E-state index in [0.717, 1.165) is 45.6 Å². The van der Waals surface area contributed by atoms with Crippen LogP contribution < -0.4 is 26.6 Å². The molecule has 10 nitrogen and oxygen atoms in total. The van der Waals surface area contributed by atoms with Gasteiger partial charge in [-0.15, -0.1) is 11.3 Å². The number of dihydropyridines is 1. The topological polar surface area (TPSA) is 131 Å². The maximum absolute atomic E-state index is 15.2. The molecule has 0 radical (unpaired) electrons. The number of amides is 1. The van der Waals surface area contributed by atoms with E-state index in [9.17, 15) is 18.8 Å².